The van der Waals surface area contributed by atoms with Gasteiger partial charge in [0.25, 0.3) is 0 Å². The Morgan fingerprint density at radius 1 is 1.00 bits per heavy atom. The van der Waals surface area contributed by atoms with Gasteiger partial charge in [0.05, 0.1) is 11.1 Å². The summed E-state index contributed by atoms with van der Waals surface area (Å²) in [7, 11) is 0. The average Bonchev–Trinajstić information content (AvgIpc) is 2.93. The molecule has 4 heteroatoms. The van der Waals surface area contributed by atoms with Crippen molar-refractivity contribution in [3.63, 3.8) is 0 Å². The zero-order valence-electron chi connectivity index (χ0n) is 15.2. The Kier molecular flexibility index (Phi) is 3.58. The first-order chi connectivity index (χ1) is 12.4. The molecule has 130 valence electrons. The Labute approximate surface area is 151 Å². The number of fused-ring (bicyclic) bond motifs is 2. The SMILES string of the molecule is Cc1ccc2oc(-c3cc(C(=O)O)c4c(C)ccc(C)c4n3)c(C)c2c1. The number of carbonyl (C=O) groups is 1. The van der Waals surface area contributed by atoms with E-state index in [0.29, 0.717) is 22.4 Å². The number of furan rings is 1. The van der Waals surface area contributed by atoms with Crippen molar-refractivity contribution in [2.24, 2.45) is 0 Å². The second-order valence-corrected chi connectivity index (χ2v) is 6.84. The highest BCUT2D eigenvalue weighted by molar-refractivity contribution is 6.06. The van der Waals surface area contributed by atoms with Gasteiger partial charge >= 0.3 is 5.97 Å². The van der Waals surface area contributed by atoms with Crippen molar-refractivity contribution < 1.29 is 14.3 Å². The molecule has 2 aromatic heterocycles. The molecule has 4 aromatic rings. The predicted octanol–water partition coefficient (Wildman–Crippen LogP) is 5.58. The molecule has 0 amide bonds. The largest absolute Gasteiger partial charge is 0.478 e. The van der Waals surface area contributed by atoms with Gasteiger partial charge in [-0.3, -0.25) is 0 Å². The molecule has 0 radical (unpaired) electrons. The number of benzene rings is 2. The molecule has 0 fully saturated rings. The highest BCUT2D eigenvalue weighted by Gasteiger charge is 2.20. The maximum Gasteiger partial charge on any atom is 0.336 e. The zero-order chi connectivity index (χ0) is 18.6. The number of aromatic nitrogens is 1. The van der Waals surface area contributed by atoms with E-state index in [0.717, 1.165) is 33.2 Å². The Bertz CT molecular complexity index is 1200. The summed E-state index contributed by atoms with van der Waals surface area (Å²) in [6.45, 7) is 7.87. The van der Waals surface area contributed by atoms with Crippen molar-refractivity contribution in [2.75, 3.05) is 0 Å². The number of hydrogen-bond donors (Lipinski definition) is 1. The number of nitrogens with zero attached hydrogens (tertiary/aromatic N) is 1. The van der Waals surface area contributed by atoms with Crippen molar-refractivity contribution in [3.05, 3.63) is 64.2 Å². The van der Waals surface area contributed by atoms with Crippen LogP contribution in [-0.4, -0.2) is 16.1 Å². The van der Waals surface area contributed by atoms with Crippen LogP contribution in [0.1, 0.15) is 32.6 Å². The molecular weight excluding hydrogens is 326 g/mol. The second-order valence-electron chi connectivity index (χ2n) is 6.84. The van der Waals surface area contributed by atoms with Crippen LogP contribution >= 0.6 is 0 Å². The third-order valence-electron chi connectivity index (χ3n) is 4.93. The molecule has 0 saturated carbocycles. The Hall–Kier alpha value is -3.14. The summed E-state index contributed by atoms with van der Waals surface area (Å²) >= 11 is 0. The number of rotatable bonds is 2. The van der Waals surface area contributed by atoms with Crippen molar-refractivity contribution in [3.8, 4) is 11.5 Å². The van der Waals surface area contributed by atoms with Crippen LogP contribution in [0.15, 0.2) is 40.8 Å². The van der Waals surface area contributed by atoms with E-state index in [-0.39, 0.29) is 5.56 Å². The maximum absolute atomic E-state index is 11.9. The predicted molar refractivity (Wildman–Crippen MR) is 103 cm³/mol. The Balaban J connectivity index is 2.08. The highest BCUT2D eigenvalue weighted by atomic mass is 16.4. The fourth-order valence-electron chi connectivity index (χ4n) is 3.51. The summed E-state index contributed by atoms with van der Waals surface area (Å²) in [5.41, 5.74) is 6.25. The number of carboxylic acids is 1. The lowest BCUT2D eigenvalue weighted by molar-refractivity contribution is 0.0699. The number of aromatic carboxylic acids is 1. The van der Waals surface area contributed by atoms with Crippen LogP contribution in [0.4, 0.5) is 0 Å². The third kappa shape index (κ3) is 2.37. The number of pyridine rings is 1. The quantitative estimate of drug-likeness (QED) is 0.515. The molecule has 2 heterocycles. The van der Waals surface area contributed by atoms with Crippen LogP contribution in [0.5, 0.6) is 0 Å². The Morgan fingerprint density at radius 2 is 1.73 bits per heavy atom. The molecule has 0 aliphatic carbocycles. The van der Waals surface area contributed by atoms with Gasteiger partial charge in [0.2, 0.25) is 0 Å². The van der Waals surface area contributed by atoms with E-state index in [1.807, 2.05) is 52.0 Å². The van der Waals surface area contributed by atoms with Crippen molar-refractivity contribution in [1.82, 2.24) is 4.98 Å². The van der Waals surface area contributed by atoms with Gasteiger partial charge in [-0.25, -0.2) is 9.78 Å². The number of carboxylic acid groups (broad SMARTS) is 1. The van der Waals surface area contributed by atoms with E-state index in [2.05, 4.69) is 6.07 Å². The topological polar surface area (TPSA) is 63.3 Å². The molecular formula is C22H19NO3. The Morgan fingerprint density at radius 3 is 2.46 bits per heavy atom. The van der Waals surface area contributed by atoms with Gasteiger partial charge in [0.15, 0.2) is 5.76 Å². The van der Waals surface area contributed by atoms with Gasteiger partial charge in [-0.05, 0) is 57.0 Å². The highest BCUT2D eigenvalue weighted by Crippen LogP contribution is 2.35. The van der Waals surface area contributed by atoms with Crippen LogP contribution in [0.3, 0.4) is 0 Å². The lowest BCUT2D eigenvalue weighted by Gasteiger charge is -2.10. The van der Waals surface area contributed by atoms with Gasteiger partial charge in [-0.15, -0.1) is 0 Å². The standard InChI is InChI=1S/C22H19NO3/c1-11-5-8-18-15(9-11)14(4)21(26-18)17-10-16(22(24)25)19-12(2)6-7-13(3)20(19)23-17/h5-10H,1-4H3,(H,24,25). The summed E-state index contributed by atoms with van der Waals surface area (Å²) < 4.78 is 6.04. The summed E-state index contributed by atoms with van der Waals surface area (Å²) in [6, 6.07) is 11.5. The summed E-state index contributed by atoms with van der Waals surface area (Å²) in [5.74, 6) is -0.340. The summed E-state index contributed by atoms with van der Waals surface area (Å²) in [5, 5.41) is 11.5. The van der Waals surface area contributed by atoms with Gasteiger partial charge < -0.3 is 9.52 Å². The molecule has 0 unspecified atom stereocenters. The first-order valence-corrected chi connectivity index (χ1v) is 8.51. The lowest BCUT2D eigenvalue weighted by Crippen LogP contribution is -2.02. The molecule has 4 nitrogen and oxygen atoms in total. The van der Waals surface area contributed by atoms with Crippen LogP contribution in [-0.2, 0) is 0 Å². The molecule has 0 atom stereocenters. The third-order valence-corrected chi connectivity index (χ3v) is 4.93. The van der Waals surface area contributed by atoms with E-state index >= 15 is 0 Å². The van der Waals surface area contributed by atoms with Gasteiger partial charge in [-0.2, -0.15) is 0 Å². The van der Waals surface area contributed by atoms with Gasteiger partial charge in [0, 0.05) is 16.3 Å². The molecule has 0 aliphatic rings. The summed E-state index contributed by atoms with van der Waals surface area (Å²) in [4.78, 5) is 16.7. The normalized spacial score (nSPS) is 11.4. The van der Waals surface area contributed by atoms with Crippen LogP contribution in [0.2, 0.25) is 0 Å². The maximum atomic E-state index is 11.9. The first kappa shape index (κ1) is 16.3. The second kappa shape index (κ2) is 5.70. The van der Waals surface area contributed by atoms with Crippen molar-refractivity contribution >= 4 is 27.8 Å². The van der Waals surface area contributed by atoms with Gasteiger partial charge in [-0.1, -0.05) is 23.8 Å². The van der Waals surface area contributed by atoms with E-state index < -0.39 is 5.97 Å². The number of hydrogen-bond acceptors (Lipinski definition) is 3. The fraction of sp³-hybridized carbons (Fsp3) is 0.182. The lowest BCUT2D eigenvalue weighted by atomic mass is 9.99. The first-order valence-electron chi connectivity index (χ1n) is 8.51. The average molecular weight is 345 g/mol. The smallest absolute Gasteiger partial charge is 0.336 e. The summed E-state index contributed by atoms with van der Waals surface area (Å²) in [6.07, 6.45) is 0. The molecule has 26 heavy (non-hydrogen) atoms. The zero-order valence-corrected chi connectivity index (χ0v) is 15.2. The van der Waals surface area contributed by atoms with Crippen LogP contribution in [0, 0.1) is 27.7 Å². The molecule has 0 saturated heterocycles. The number of aryl methyl sites for hydroxylation is 4. The molecule has 4 rings (SSSR count). The van der Waals surface area contributed by atoms with E-state index in [1.54, 1.807) is 6.07 Å². The minimum atomic E-state index is -0.961. The minimum Gasteiger partial charge on any atom is -0.478 e. The molecule has 0 bridgehead atoms. The van der Waals surface area contributed by atoms with E-state index in [4.69, 9.17) is 9.40 Å². The van der Waals surface area contributed by atoms with E-state index in [1.165, 1.54) is 0 Å². The molecule has 0 aliphatic heterocycles. The monoisotopic (exact) mass is 345 g/mol. The van der Waals surface area contributed by atoms with Crippen LogP contribution < -0.4 is 0 Å². The molecule has 0 spiro atoms. The molecule has 1 N–H and O–H groups in total. The fourth-order valence-corrected chi connectivity index (χ4v) is 3.51. The van der Waals surface area contributed by atoms with Gasteiger partial charge in [0.1, 0.15) is 11.3 Å². The minimum absolute atomic E-state index is 0.252. The van der Waals surface area contributed by atoms with Crippen molar-refractivity contribution in [1.29, 1.82) is 0 Å². The van der Waals surface area contributed by atoms with E-state index in [9.17, 15) is 9.90 Å². The van der Waals surface area contributed by atoms with Crippen molar-refractivity contribution in [2.45, 2.75) is 27.7 Å². The molecule has 2 aromatic carbocycles. The van der Waals surface area contributed by atoms with Crippen LogP contribution in [0.25, 0.3) is 33.3 Å².